The topological polar surface area (TPSA) is 80.9 Å². The summed E-state index contributed by atoms with van der Waals surface area (Å²) in [6, 6.07) is 0. The largest absolute Gasteiger partial charge is 0.392 e. The third kappa shape index (κ3) is 3.43. The lowest BCUT2D eigenvalue weighted by atomic mass is 10.0. The third-order valence-electron chi connectivity index (χ3n) is 2.21. The highest BCUT2D eigenvalue weighted by atomic mass is 16.3. The number of hydrogen-bond donors (Lipinski definition) is 4. The van der Waals surface area contributed by atoms with Crippen molar-refractivity contribution in [2.45, 2.75) is 0 Å². The maximum absolute atomic E-state index is 9.08. The fraction of sp³-hybridized carbons (Fsp3) is 0.333. The molecule has 0 aromatic heterocycles. The summed E-state index contributed by atoms with van der Waals surface area (Å²) in [6.07, 6.45) is 6.55. The summed E-state index contributed by atoms with van der Waals surface area (Å²) < 4.78 is 0. The molecule has 4 nitrogen and oxygen atoms in total. The first-order chi connectivity index (χ1) is 7.73. The van der Waals surface area contributed by atoms with Crippen LogP contribution in [0.1, 0.15) is 0 Å². The lowest BCUT2D eigenvalue weighted by Crippen LogP contribution is -2.01. The molecule has 0 unspecified atom stereocenters. The summed E-state index contributed by atoms with van der Waals surface area (Å²) >= 11 is 0. The number of rotatable bonds is 4. The molecule has 0 aromatic carbocycles. The Labute approximate surface area is 94.2 Å². The summed E-state index contributed by atoms with van der Waals surface area (Å²) in [5.41, 5.74) is 2.44. The molecule has 16 heavy (non-hydrogen) atoms. The van der Waals surface area contributed by atoms with Gasteiger partial charge in [0.25, 0.3) is 0 Å². The molecular formula is C12H16O4. The molecule has 1 aliphatic rings. The molecule has 0 saturated heterocycles. The average molecular weight is 224 g/mol. The van der Waals surface area contributed by atoms with Crippen molar-refractivity contribution in [2.75, 3.05) is 26.4 Å². The van der Waals surface area contributed by atoms with Crippen molar-refractivity contribution in [3.63, 3.8) is 0 Å². The zero-order valence-electron chi connectivity index (χ0n) is 8.93. The van der Waals surface area contributed by atoms with Crippen LogP contribution in [0.4, 0.5) is 0 Å². The molecule has 0 amide bonds. The van der Waals surface area contributed by atoms with E-state index in [1.54, 1.807) is 24.3 Å². The molecule has 4 N–H and O–H groups in total. The molecule has 0 saturated carbocycles. The molecule has 0 radical (unpaired) electrons. The van der Waals surface area contributed by atoms with Gasteiger partial charge in [-0.1, -0.05) is 24.3 Å². The lowest BCUT2D eigenvalue weighted by molar-refractivity contribution is 0.323. The highest BCUT2D eigenvalue weighted by molar-refractivity contribution is 5.44. The predicted molar refractivity (Wildman–Crippen MR) is 60.7 cm³/mol. The van der Waals surface area contributed by atoms with Crippen LogP contribution in [0.3, 0.4) is 0 Å². The normalized spacial score (nSPS) is 23.2. The Bertz CT molecular complexity index is 278. The van der Waals surface area contributed by atoms with Gasteiger partial charge in [-0.3, -0.25) is 0 Å². The Hall–Kier alpha value is -1.20. The minimum atomic E-state index is -0.164. The highest BCUT2D eigenvalue weighted by Crippen LogP contribution is 2.15. The van der Waals surface area contributed by atoms with E-state index in [9.17, 15) is 0 Å². The van der Waals surface area contributed by atoms with Gasteiger partial charge < -0.3 is 20.4 Å². The molecule has 0 bridgehead atoms. The van der Waals surface area contributed by atoms with Gasteiger partial charge in [-0.25, -0.2) is 0 Å². The van der Waals surface area contributed by atoms with Gasteiger partial charge in [0.15, 0.2) is 0 Å². The molecule has 0 atom stereocenters. The minimum Gasteiger partial charge on any atom is -0.392 e. The molecular weight excluding hydrogens is 208 g/mol. The van der Waals surface area contributed by atoms with Gasteiger partial charge in [0.2, 0.25) is 0 Å². The number of hydrogen-bond acceptors (Lipinski definition) is 4. The highest BCUT2D eigenvalue weighted by Gasteiger charge is 2.04. The summed E-state index contributed by atoms with van der Waals surface area (Å²) in [4.78, 5) is 0. The van der Waals surface area contributed by atoms with Crippen molar-refractivity contribution in [1.29, 1.82) is 0 Å². The van der Waals surface area contributed by atoms with Crippen molar-refractivity contribution < 1.29 is 20.4 Å². The van der Waals surface area contributed by atoms with Crippen molar-refractivity contribution in [3.8, 4) is 0 Å². The van der Waals surface area contributed by atoms with Crippen molar-refractivity contribution in [2.24, 2.45) is 0 Å². The van der Waals surface area contributed by atoms with E-state index in [0.29, 0.717) is 22.3 Å². The molecule has 0 spiro atoms. The van der Waals surface area contributed by atoms with E-state index in [-0.39, 0.29) is 26.4 Å². The molecule has 1 aliphatic carbocycles. The Morgan fingerprint density at radius 1 is 0.500 bits per heavy atom. The summed E-state index contributed by atoms with van der Waals surface area (Å²) in [6.45, 7) is -0.654. The Morgan fingerprint density at radius 2 is 0.688 bits per heavy atom. The van der Waals surface area contributed by atoms with Crippen molar-refractivity contribution >= 4 is 0 Å². The van der Waals surface area contributed by atoms with Crippen LogP contribution in [0, 0.1) is 0 Å². The van der Waals surface area contributed by atoms with Crippen LogP contribution in [-0.2, 0) is 0 Å². The van der Waals surface area contributed by atoms with Gasteiger partial charge in [-0.05, 0) is 22.3 Å². The third-order valence-corrected chi connectivity index (χ3v) is 2.21. The van der Waals surface area contributed by atoms with Crippen LogP contribution in [-0.4, -0.2) is 46.9 Å². The van der Waals surface area contributed by atoms with Crippen LogP contribution in [0.5, 0.6) is 0 Å². The first-order valence-corrected chi connectivity index (χ1v) is 4.99. The molecule has 1 rings (SSSR count). The van der Waals surface area contributed by atoms with E-state index in [2.05, 4.69) is 0 Å². The standard InChI is InChI=1S/C12H16O4/c13-5-9-1-10(6-14)3-12(8-16)4-11(2-9)7-15/h1-4,13-16H,5-8H2/b9-1+,9-2?,10-1?,10-3+,11-2?,11-4?,12-3?,12-4?. The second-order valence-corrected chi connectivity index (χ2v) is 3.51. The van der Waals surface area contributed by atoms with Crippen LogP contribution < -0.4 is 0 Å². The van der Waals surface area contributed by atoms with E-state index < -0.39 is 0 Å². The van der Waals surface area contributed by atoms with Gasteiger partial charge in [-0.2, -0.15) is 0 Å². The monoisotopic (exact) mass is 224 g/mol. The zero-order valence-corrected chi connectivity index (χ0v) is 8.93. The quantitative estimate of drug-likeness (QED) is 0.527. The Kier molecular flexibility index (Phi) is 5.14. The van der Waals surface area contributed by atoms with Gasteiger partial charge in [0.05, 0.1) is 26.4 Å². The summed E-state index contributed by atoms with van der Waals surface area (Å²) in [5, 5.41) is 36.3. The van der Waals surface area contributed by atoms with Crippen LogP contribution in [0.2, 0.25) is 0 Å². The fourth-order valence-corrected chi connectivity index (χ4v) is 1.48. The number of aliphatic hydroxyl groups excluding tert-OH is 4. The predicted octanol–water partition coefficient (Wildman–Crippen LogP) is -0.325. The first-order valence-electron chi connectivity index (χ1n) is 4.99. The SMILES string of the molecule is OCC1=C/C(CO)=C\C(CO)=C/C(CO)=C1. The van der Waals surface area contributed by atoms with Crippen molar-refractivity contribution in [1.82, 2.24) is 0 Å². The molecule has 0 heterocycles. The van der Waals surface area contributed by atoms with Crippen LogP contribution in [0.15, 0.2) is 46.6 Å². The number of aliphatic hydroxyl groups is 4. The van der Waals surface area contributed by atoms with Gasteiger partial charge in [-0.15, -0.1) is 0 Å². The molecule has 0 aromatic rings. The van der Waals surface area contributed by atoms with E-state index >= 15 is 0 Å². The minimum absolute atomic E-state index is 0.164. The average Bonchev–Trinajstić information content (AvgIpc) is 2.29. The molecule has 88 valence electrons. The summed E-state index contributed by atoms with van der Waals surface area (Å²) in [7, 11) is 0. The van der Waals surface area contributed by atoms with Crippen LogP contribution in [0.25, 0.3) is 0 Å². The van der Waals surface area contributed by atoms with E-state index in [1.165, 1.54) is 0 Å². The second kappa shape index (κ2) is 6.40. The van der Waals surface area contributed by atoms with E-state index in [1.807, 2.05) is 0 Å². The van der Waals surface area contributed by atoms with Gasteiger partial charge in [0, 0.05) is 0 Å². The van der Waals surface area contributed by atoms with Crippen molar-refractivity contribution in [3.05, 3.63) is 46.6 Å². The molecule has 0 aliphatic heterocycles. The van der Waals surface area contributed by atoms with Gasteiger partial charge >= 0.3 is 0 Å². The zero-order chi connectivity index (χ0) is 12.0. The lowest BCUT2D eigenvalue weighted by Gasteiger charge is -2.09. The Balaban J connectivity index is 3.13. The van der Waals surface area contributed by atoms with E-state index in [0.717, 1.165) is 0 Å². The molecule has 0 fully saturated rings. The van der Waals surface area contributed by atoms with Gasteiger partial charge in [0.1, 0.15) is 0 Å². The van der Waals surface area contributed by atoms with Crippen LogP contribution >= 0.6 is 0 Å². The first kappa shape index (κ1) is 12.9. The Morgan fingerprint density at radius 3 is 0.812 bits per heavy atom. The molecule has 4 heteroatoms. The maximum atomic E-state index is 9.08. The second-order valence-electron chi connectivity index (χ2n) is 3.51. The smallest absolute Gasteiger partial charge is 0.0682 e. The fourth-order valence-electron chi connectivity index (χ4n) is 1.48. The maximum Gasteiger partial charge on any atom is 0.0682 e. The summed E-state index contributed by atoms with van der Waals surface area (Å²) in [5.74, 6) is 0. The van der Waals surface area contributed by atoms with E-state index in [4.69, 9.17) is 20.4 Å².